The predicted octanol–water partition coefficient (Wildman–Crippen LogP) is 4.62. The number of hydrogen-bond donors (Lipinski definition) is 1. The Balaban J connectivity index is 2.00. The number of hydrogen-bond acceptors (Lipinski definition) is 4. The zero-order chi connectivity index (χ0) is 27.2. The van der Waals surface area contributed by atoms with Crippen LogP contribution >= 0.6 is 11.6 Å². The number of carbonyl (C=O) groups is 2. The molecule has 10 heteroatoms. The zero-order valence-electron chi connectivity index (χ0n) is 20.8. The number of nitrogens with one attached hydrogen (secondary N) is 1. The van der Waals surface area contributed by atoms with E-state index in [1.54, 1.807) is 63.2 Å². The van der Waals surface area contributed by atoms with Crippen molar-refractivity contribution in [1.29, 1.82) is 0 Å². The minimum Gasteiger partial charge on any atom is -0.352 e. The van der Waals surface area contributed by atoms with Gasteiger partial charge in [0.25, 0.3) is 10.0 Å². The molecule has 3 aromatic rings. The first-order chi connectivity index (χ1) is 17.5. The van der Waals surface area contributed by atoms with Gasteiger partial charge in [-0.05, 0) is 74.9 Å². The SMILES string of the molecule is CC(C)NC(=O)[C@H](C)N(Cc1ccc(Cl)cc1)C(=O)CN(c1ccc(F)cc1)S(=O)(=O)c1ccccc1. The molecule has 1 atom stereocenters. The van der Waals surface area contributed by atoms with Gasteiger partial charge in [-0.2, -0.15) is 0 Å². The average molecular weight is 546 g/mol. The maximum absolute atomic E-state index is 13.7. The largest absolute Gasteiger partial charge is 0.352 e. The first kappa shape index (κ1) is 28.1. The normalized spacial score (nSPS) is 12.2. The fraction of sp³-hybridized carbons (Fsp3) is 0.259. The fourth-order valence-corrected chi connectivity index (χ4v) is 5.19. The molecule has 0 saturated carbocycles. The molecule has 0 aromatic heterocycles. The number of nitrogens with zero attached hydrogens (tertiary/aromatic N) is 2. The molecule has 7 nitrogen and oxygen atoms in total. The third-order valence-electron chi connectivity index (χ3n) is 5.59. The monoisotopic (exact) mass is 545 g/mol. The Morgan fingerprint density at radius 3 is 2.08 bits per heavy atom. The van der Waals surface area contributed by atoms with Crippen molar-refractivity contribution in [2.45, 2.75) is 44.3 Å². The molecule has 196 valence electrons. The number of rotatable bonds is 10. The Morgan fingerprint density at radius 1 is 0.919 bits per heavy atom. The second-order valence-corrected chi connectivity index (χ2v) is 11.1. The van der Waals surface area contributed by atoms with E-state index < -0.39 is 34.3 Å². The Morgan fingerprint density at radius 2 is 1.51 bits per heavy atom. The summed E-state index contributed by atoms with van der Waals surface area (Å²) >= 11 is 5.99. The van der Waals surface area contributed by atoms with Gasteiger partial charge in [-0.3, -0.25) is 13.9 Å². The van der Waals surface area contributed by atoms with Crippen LogP contribution < -0.4 is 9.62 Å². The molecule has 0 spiro atoms. The summed E-state index contributed by atoms with van der Waals surface area (Å²) in [5.41, 5.74) is 0.825. The summed E-state index contributed by atoms with van der Waals surface area (Å²) in [7, 11) is -4.19. The molecule has 37 heavy (non-hydrogen) atoms. The van der Waals surface area contributed by atoms with Gasteiger partial charge in [-0.15, -0.1) is 0 Å². The van der Waals surface area contributed by atoms with Crippen LogP contribution in [0.3, 0.4) is 0 Å². The van der Waals surface area contributed by atoms with Crippen LogP contribution in [0.1, 0.15) is 26.3 Å². The molecule has 0 heterocycles. The standard InChI is InChI=1S/C27H29ClFN3O4S/c1-19(2)30-27(34)20(3)31(17-21-9-11-22(28)12-10-21)26(33)18-32(24-15-13-23(29)14-16-24)37(35,36)25-7-5-4-6-8-25/h4-16,19-20H,17-18H2,1-3H3,(H,30,34)/t20-/m0/s1. The Labute approximate surface area is 221 Å². The Kier molecular flexibility index (Phi) is 9.29. The molecule has 2 amide bonds. The molecule has 0 saturated heterocycles. The van der Waals surface area contributed by atoms with Crippen molar-refractivity contribution in [3.05, 3.63) is 95.3 Å². The number of anilines is 1. The third kappa shape index (κ3) is 7.30. The van der Waals surface area contributed by atoms with Gasteiger partial charge in [-0.25, -0.2) is 12.8 Å². The van der Waals surface area contributed by atoms with Crippen LogP contribution in [-0.2, 0) is 26.2 Å². The molecule has 0 fully saturated rings. The van der Waals surface area contributed by atoms with E-state index in [4.69, 9.17) is 11.6 Å². The van der Waals surface area contributed by atoms with E-state index in [1.165, 1.54) is 29.2 Å². The maximum Gasteiger partial charge on any atom is 0.264 e. The number of carbonyl (C=O) groups excluding carboxylic acids is 2. The van der Waals surface area contributed by atoms with Crippen LogP contribution in [0, 0.1) is 5.82 Å². The van der Waals surface area contributed by atoms with Crippen molar-refractivity contribution >= 4 is 39.1 Å². The van der Waals surface area contributed by atoms with E-state index in [0.29, 0.717) is 10.6 Å². The van der Waals surface area contributed by atoms with E-state index in [9.17, 15) is 22.4 Å². The lowest BCUT2D eigenvalue weighted by molar-refractivity contribution is -0.139. The fourth-order valence-electron chi connectivity index (χ4n) is 3.63. The lowest BCUT2D eigenvalue weighted by atomic mass is 10.1. The van der Waals surface area contributed by atoms with Gasteiger partial charge in [-0.1, -0.05) is 41.9 Å². The molecule has 0 aliphatic heterocycles. The van der Waals surface area contributed by atoms with Crippen molar-refractivity contribution in [3.63, 3.8) is 0 Å². The van der Waals surface area contributed by atoms with Crippen LogP contribution in [0.25, 0.3) is 0 Å². The number of amides is 2. The molecule has 0 unspecified atom stereocenters. The topological polar surface area (TPSA) is 86.8 Å². The first-order valence-electron chi connectivity index (χ1n) is 11.7. The summed E-state index contributed by atoms with van der Waals surface area (Å²) in [6.07, 6.45) is 0. The van der Waals surface area contributed by atoms with Crippen LogP contribution in [0.4, 0.5) is 10.1 Å². The van der Waals surface area contributed by atoms with Crippen molar-refractivity contribution in [1.82, 2.24) is 10.2 Å². The molecule has 0 radical (unpaired) electrons. The van der Waals surface area contributed by atoms with E-state index in [-0.39, 0.29) is 29.1 Å². The Hall–Kier alpha value is -3.43. The van der Waals surface area contributed by atoms with Gasteiger partial charge < -0.3 is 10.2 Å². The van der Waals surface area contributed by atoms with E-state index in [2.05, 4.69) is 5.32 Å². The molecule has 0 aliphatic carbocycles. The number of benzene rings is 3. The van der Waals surface area contributed by atoms with Crippen LogP contribution in [0.15, 0.2) is 83.8 Å². The van der Waals surface area contributed by atoms with Crippen molar-refractivity contribution in [2.75, 3.05) is 10.8 Å². The highest BCUT2D eigenvalue weighted by Gasteiger charge is 2.32. The average Bonchev–Trinajstić information content (AvgIpc) is 2.87. The molecule has 0 aliphatic rings. The van der Waals surface area contributed by atoms with Gasteiger partial charge in [0.05, 0.1) is 10.6 Å². The molecule has 3 aromatic carbocycles. The number of halogens is 2. The van der Waals surface area contributed by atoms with Crippen LogP contribution in [0.2, 0.25) is 5.02 Å². The van der Waals surface area contributed by atoms with Gasteiger partial charge in [0.15, 0.2) is 0 Å². The molecule has 3 rings (SSSR count). The summed E-state index contributed by atoms with van der Waals surface area (Å²) in [5.74, 6) is -1.53. The van der Waals surface area contributed by atoms with E-state index >= 15 is 0 Å². The second kappa shape index (κ2) is 12.2. The molecule has 0 bridgehead atoms. The van der Waals surface area contributed by atoms with Crippen molar-refractivity contribution in [3.8, 4) is 0 Å². The third-order valence-corrected chi connectivity index (χ3v) is 7.63. The summed E-state index contributed by atoms with van der Waals surface area (Å²) in [6, 6.07) is 18.2. The van der Waals surface area contributed by atoms with Gasteiger partial charge in [0.2, 0.25) is 11.8 Å². The van der Waals surface area contributed by atoms with E-state index in [0.717, 1.165) is 16.4 Å². The van der Waals surface area contributed by atoms with E-state index in [1.807, 2.05) is 0 Å². The second-order valence-electron chi connectivity index (χ2n) is 8.79. The van der Waals surface area contributed by atoms with Crippen LogP contribution in [-0.4, -0.2) is 43.8 Å². The van der Waals surface area contributed by atoms with Crippen molar-refractivity contribution in [2.24, 2.45) is 0 Å². The highest BCUT2D eigenvalue weighted by Crippen LogP contribution is 2.25. The Bertz CT molecular complexity index is 1320. The lowest BCUT2D eigenvalue weighted by Crippen LogP contribution is -2.52. The molecule has 1 N–H and O–H groups in total. The predicted molar refractivity (Wildman–Crippen MR) is 142 cm³/mol. The minimum absolute atomic E-state index is 0.0259. The summed E-state index contributed by atoms with van der Waals surface area (Å²) in [5, 5.41) is 3.31. The van der Waals surface area contributed by atoms with Crippen molar-refractivity contribution < 1.29 is 22.4 Å². The van der Waals surface area contributed by atoms with Gasteiger partial charge in [0.1, 0.15) is 18.4 Å². The van der Waals surface area contributed by atoms with Crippen LogP contribution in [0.5, 0.6) is 0 Å². The zero-order valence-corrected chi connectivity index (χ0v) is 22.3. The van der Waals surface area contributed by atoms with Gasteiger partial charge in [0, 0.05) is 17.6 Å². The summed E-state index contributed by atoms with van der Waals surface area (Å²) in [4.78, 5) is 27.9. The van der Waals surface area contributed by atoms with Gasteiger partial charge >= 0.3 is 0 Å². The lowest BCUT2D eigenvalue weighted by Gasteiger charge is -2.32. The summed E-state index contributed by atoms with van der Waals surface area (Å²) in [6.45, 7) is 4.64. The smallest absolute Gasteiger partial charge is 0.264 e. The first-order valence-corrected chi connectivity index (χ1v) is 13.5. The summed E-state index contributed by atoms with van der Waals surface area (Å²) < 4.78 is 41.7. The minimum atomic E-state index is -4.19. The maximum atomic E-state index is 13.7. The molecular formula is C27H29ClFN3O4S. The quantitative estimate of drug-likeness (QED) is 0.403. The number of sulfonamides is 1. The highest BCUT2D eigenvalue weighted by molar-refractivity contribution is 7.92. The molecular weight excluding hydrogens is 517 g/mol. The highest BCUT2D eigenvalue weighted by atomic mass is 35.5.